The first-order valence-corrected chi connectivity index (χ1v) is 10.5. The van der Waals surface area contributed by atoms with Crippen LogP contribution in [0.25, 0.3) is 44.8 Å². The Bertz CT molecular complexity index is 1300. The fraction of sp³-hybridized carbons (Fsp3) is 0. The molecule has 4 aromatic carbocycles. The van der Waals surface area contributed by atoms with Crippen LogP contribution in [0.4, 0.5) is 0 Å². The predicted molar refractivity (Wildman–Crippen MR) is 129 cm³/mol. The number of halogens is 1. The van der Waals surface area contributed by atoms with E-state index in [4.69, 9.17) is 11.6 Å². The van der Waals surface area contributed by atoms with Crippen molar-refractivity contribution in [3.05, 3.63) is 121 Å². The summed E-state index contributed by atoms with van der Waals surface area (Å²) in [6, 6.07) is 37.4. The lowest BCUT2D eigenvalue weighted by atomic mass is 9.98. The van der Waals surface area contributed by atoms with Gasteiger partial charge in [0, 0.05) is 11.1 Å². The highest BCUT2D eigenvalue weighted by molar-refractivity contribution is 6.29. The number of nitrogens with zero attached hydrogens (tertiary/aromatic N) is 2. The highest BCUT2D eigenvalue weighted by Crippen LogP contribution is 2.32. The van der Waals surface area contributed by atoms with Gasteiger partial charge in [0.2, 0.25) is 0 Å². The average molecular weight is 419 g/mol. The molecule has 0 saturated carbocycles. The van der Waals surface area contributed by atoms with Crippen molar-refractivity contribution in [2.24, 2.45) is 0 Å². The molecule has 0 saturated heterocycles. The summed E-state index contributed by atoms with van der Waals surface area (Å²) < 4.78 is 0. The van der Waals surface area contributed by atoms with Gasteiger partial charge in [0.25, 0.3) is 0 Å². The monoisotopic (exact) mass is 418 g/mol. The minimum Gasteiger partial charge on any atom is -0.251 e. The Hall–Kier alpha value is -3.75. The summed E-state index contributed by atoms with van der Waals surface area (Å²) in [7, 11) is 0. The predicted octanol–water partition coefficient (Wildman–Crippen LogP) is 7.80. The van der Waals surface area contributed by atoms with Gasteiger partial charge >= 0.3 is 0 Å². The third-order valence-electron chi connectivity index (χ3n) is 5.27. The van der Waals surface area contributed by atoms with Gasteiger partial charge in [-0.15, -0.1) is 0 Å². The van der Waals surface area contributed by atoms with Crippen molar-refractivity contribution >= 4 is 11.6 Å². The molecule has 148 valence electrons. The van der Waals surface area contributed by atoms with E-state index in [2.05, 4.69) is 82.8 Å². The van der Waals surface area contributed by atoms with Crippen LogP contribution >= 0.6 is 11.6 Å². The summed E-state index contributed by atoms with van der Waals surface area (Å²) in [6.07, 6.45) is 1.60. The summed E-state index contributed by atoms with van der Waals surface area (Å²) in [5, 5.41) is 0.381. The molecular formula is C28H19ClN2. The molecule has 0 atom stereocenters. The maximum Gasteiger partial charge on any atom is 0.148 e. The van der Waals surface area contributed by atoms with Gasteiger partial charge in [-0.2, -0.15) is 0 Å². The molecule has 0 radical (unpaired) electrons. The number of rotatable bonds is 4. The summed E-state index contributed by atoms with van der Waals surface area (Å²) in [6.45, 7) is 0. The fourth-order valence-corrected chi connectivity index (χ4v) is 3.82. The molecule has 0 amide bonds. The van der Waals surface area contributed by atoms with Crippen LogP contribution in [0.3, 0.4) is 0 Å². The molecular weight excluding hydrogens is 400 g/mol. The first kappa shape index (κ1) is 19.2. The average Bonchev–Trinajstić information content (AvgIpc) is 2.85. The Morgan fingerprint density at radius 3 is 1.29 bits per heavy atom. The molecule has 2 nitrogen and oxygen atoms in total. The molecule has 0 N–H and O–H groups in total. The van der Waals surface area contributed by atoms with Crippen molar-refractivity contribution in [2.45, 2.75) is 0 Å². The van der Waals surface area contributed by atoms with Crippen molar-refractivity contribution in [3.63, 3.8) is 0 Å². The van der Waals surface area contributed by atoms with Crippen LogP contribution in [0.2, 0.25) is 5.15 Å². The molecule has 1 aromatic heterocycles. The van der Waals surface area contributed by atoms with Crippen LogP contribution in [0.1, 0.15) is 0 Å². The minimum absolute atomic E-state index is 0.381. The molecule has 1 heterocycles. The second-order valence-electron chi connectivity index (χ2n) is 7.28. The number of aromatic nitrogens is 2. The molecule has 0 fully saturated rings. The van der Waals surface area contributed by atoms with Crippen molar-refractivity contribution in [2.75, 3.05) is 0 Å². The molecule has 0 aliphatic heterocycles. The SMILES string of the molecule is Clc1cnc(-c2ccc(-c3ccccc3)cc2)c(-c2ccc(-c3ccccc3)cc2)n1. The topological polar surface area (TPSA) is 25.8 Å². The third-order valence-corrected chi connectivity index (χ3v) is 5.46. The van der Waals surface area contributed by atoms with Crippen LogP contribution in [0, 0.1) is 0 Å². The van der Waals surface area contributed by atoms with E-state index in [1.165, 1.54) is 16.7 Å². The van der Waals surface area contributed by atoms with Gasteiger partial charge < -0.3 is 0 Å². The van der Waals surface area contributed by atoms with Crippen molar-refractivity contribution in [3.8, 4) is 44.8 Å². The lowest BCUT2D eigenvalue weighted by Crippen LogP contribution is -1.94. The summed E-state index contributed by atoms with van der Waals surface area (Å²) >= 11 is 6.21. The van der Waals surface area contributed by atoms with Crippen LogP contribution in [-0.4, -0.2) is 9.97 Å². The molecule has 0 aliphatic rings. The zero-order valence-corrected chi connectivity index (χ0v) is 17.5. The normalized spacial score (nSPS) is 10.7. The second-order valence-corrected chi connectivity index (χ2v) is 7.66. The molecule has 0 bridgehead atoms. The van der Waals surface area contributed by atoms with Gasteiger partial charge in [-0.1, -0.05) is 121 Å². The van der Waals surface area contributed by atoms with E-state index in [0.29, 0.717) is 5.15 Å². The van der Waals surface area contributed by atoms with E-state index in [9.17, 15) is 0 Å². The lowest BCUT2D eigenvalue weighted by molar-refractivity contribution is 1.21. The summed E-state index contributed by atoms with van der Waals surface area (Å²) in [4.78, 5) is 9.22. The van der Waals surface area contributed by atoms with E-state index in [0.717, 1.165) is 28.1 Å². The largest absolute Gasteiger partial charge is 0.251 e. The Morgan fingerprint density at radius 2 is 0.806 bits per heavy atom. The van der Waals surface area contributed by atoms with Gasteiger partial charge in [-0.05, 0) is 22.3 Å². The minimum atomic E-state index is 0.381. The maximum absolute atomic E-state index is 6.21. The molecule has 5 aromatic rings. The van der Waals surface area contributed by atoms with E-state index < -0.39 is 0 Å². The Labute approximate surface area is 186 Å². The quantitative estimate of drug-likeness (QED) is 0.297. The van der Waals surface area contributed by atoms with Crippen LogP contribution in [0.5, 0.6) is 0 Å². The van der Waals surface area contributed by atoms with Gasteiger partial charge in [0.15, 0.2) is 0 Å². The van der Waals surface area contributed by atoms with Crippen LogP contribution in [0.15, 0.2) is 115 Å². The zero-order valence-electron chi connectivity index (χ0n) is 16.7. The van der Waals surface area contributed by atoms with Gasteiger partial charge in [-0.3, -0.25) is 4.98 Å². The third kappa shape index (κ3) is 4.11. The van der Waals surface area contributed by atoms with E-state index >= 15 is 0 Å². The van der Waals surface area contributed by atoms with E-state index in [1.54, 1.807) is 6.20 Å². The van der Waals surface area contributed by atoms with Crippen molar-refractivity contribution < 1.29 is 0 Å². The Morgan fingerprint density at radius 1 is 0.419 bits per heavy atom. The number of benzene rings is 4. The maximum atomic E-state index is 6.21. The highest BCUT2D eigenvalue weighted by Gasteiger charge is 2.12. The molecule has 31 heavy (non-hydrogen) atoms. The van der Waals surface area contributed by atoms with E-state index in [-0.39, 0.29) is 0 Å². The summed E-state index contributed by atoms with van der Waals surface area (Å²) in [5.41, 5.74) is 8.28. The molecule has 5 rings (SSSR count). The molecule has 0 aliphatic carbocycles. The second kappa shape index (κ2) is 8.55. The molecule has 0 unspecified atom stereocenters. The zero-order chi connectivity index (χ0) is 21.0. The first-order valence-electron chi connectivity index (χ1n) is 10.1. The van der Waals surface area contributed by atoms with Gasteiger partial charge in [0.1, 0.15) is 5.15 Å². The Balaban J connectivity index is 1.52. The van der Waals surface area contributed by atoms with Crippen LogP contribution in [-0.2, 0) is 0 Å². The van der Waals surface area contributed by atoms with Gasteiger partial charge in [0.05, 0.1) is 17.6 Å². The standard InChI is InChI=1S/C28H19ClN2/c29-26-19-30-27(24-15-11-22(12-16-24)20-7-3-1-4-8-20)28(31-26)25-17-13-23(14-18-25)21-9-5-2-6-10-21/h1-19H. The highest BCUT2D eigenvalue weighted by atomic mass is 35.5. The number of hydrogen-bond donors (Lipinski definition) is 0. The van der Waals surface area contributed by atoms with E-state index in [1.807, 2.05) is 36.4 Å². The smallest absolute Gasteiger partial charge is 0.148 e. The summed E-state index contributed by atoms with van der Waals surface area (Å²) in [5.74, 6) is 0. The fourth-order valence-electron chi connectivity index (χ4n) is 3.68. The Kier molecular flexibility index (Phi) is 5.30. The van der Waals surface area contributed by atoms with Gasteiger partial charge in [-0.25, -0.2) is 4.98 Å². The number of hydrogen-bond acceptors (Lipinski definition) is 2. The molecule has 3 heteroatoms. The first-order chi connectivity index (χ1) is 15.3. The lowest BCUT2D eigenvalue weighted by Gasteiger charge is -2.11. The molecule has 0 spiro atoms. The van der Waals surface area contributed by atoms with Crippen molar-refractivity contribution in [1.29, 1.82) is 0 Å². The van der Waals surface area contributed by atoms with Crippen molar-refractivity contribution in [1.82, 2.24) is 9.97 Å². The van der Waals surface area contributed by atoms with Crippen LogP contribution < -0.4 is 0 Å².